The SMILES string of the molecule is CCCCCCCCCCCC(=O)O.CCCN1CCCC[C@H]1C(=O)Cc1c(C)cccc1C. The summed E-state index contributed by atoms with van der Waals surface area (Å²) in [7, 11) is 0. The van der Waals surface area contributed by atoms with Gasteiger partial charge in [-0.3, -0.25) is 14.5 Å². The lowest BCUT2D eigenvalue weighted by molar-refractivity contribution is -0.137. The molecule has 0 aromatic heterocycles. The van der Waals surface area contributed by atoms with E-state index in [0.717, 1.165) is 38.8 Å². The van der Waals surface area contributed by atoms with Gasteiger partial charge in [0.05, 0.1) is 6.04 Å². The zero-order valence-corrected chi connectivity index (χ0v) is 22.5. The zero-order valence-electron chi connectivity index (χ0n) is 22.5. The van der Waals surface area contributed by atoms with Crippen molar-refractivity contribution in [2.75, 3.05) is 13.1 Å². The summed E-state index contributed by atoms with van der Waals surface area (Å²) in [4.78, 5) is 25.3. The van der Waals surface area contributed by atoms with Gasteiger partial charge in [0.1, 0.15) is 0 Å². The molecule has 1 aliphatic heterocycles. The normalized spacial score (nSPS) is 16.1. The van der Waals surface area contributed by atoms with E-state index >= 15 is 0 Å². The Balaban J connectivity index is 0.000000365. The van der Waals surface area contributed by atoms with Crippen LogP contribution in [0, 0.1) is 13.8 Å². The number of benzene rings is 1. The van der Waals surface area contributed by atoms with Crippen molar-refractivity contribution in [2.45, 2.75) is 130 Å². The Labute approximate surface area is 209 Å². The molecule has 1 aromatic carbocycles. The molecule has 0 unspecified atom stereocenters. The summed E-state index contributed by atoms with van der Waals surface area (Å²) in [5.41, 5.74) is 3.73. The Bertz CT molecular complexity index is 678. The van der Waals surface area contributed by atoms with Crippen LogP contribution in [0.3, 0.4) is 0 Å². The highest BCUT2D eigenvalue weighted by Gasteiger charge is 2.28. The van der Waals surface area contributed by atoms with Gasteiger partial charge >= 0.3 is 5.97 Å². The number of carbonyl (C=O) groups is 2. The number of carboxylic acids is 1. The number of ketones is 1. The van der Waals surface area contributed by atoms with Crippen LogP contribution in [-0.2, 0) is 16.0 Å². The highest BCUT2D eigenvalue weighted by molar-refractivity contribution is 5.86. The molecule has 194 valence electrons. The lowest BCUT2D eigenvalue weighted by Gasteiger charge is -2.34. The molecule has 1 heterocycles. The number of piperidine rings is 1. The molecule has 1 N–H and O–H groups in total. The van der Waals surface area contributed by atoms with Crippen LogP contribution in [0.5, 0.6) is 0 Å². The minimum Gasteiger partial charge on any atom is -0.481 e. The van der Waals surface area contributed by atoms with E-state index in [0.29, 0.717) is 18.6 Å². The van der Waals surface area contributed by atoms with Gasteiger partial charge in [-0.15, -0.1) is 0 Å². The lowest BCUT2D eigenvalue weighted by Crippen LogP contribution is -2.45. The molecule has 0 saturated carbocycles. The molecule has 0 radical (unpaired) electrons. The molecular formula is C30H51NO3. The Morgan fingerprint density at radius 2 is 1.47 bits per heavy atom. The smallest absolute Gasteiger partial charge is 0.303 e. The van der Waals surface area contributed by atoms with Crippen molar-refractivity contribution in [3.63, 3.8) is 0 Å². The molecule has 1 atom stereocenters. The van der Waals surface area contributed by atoms with E-state index in [2.05, 4.69) is 50.8 Å². The van der Waals surface area contributed by atoms with E-state index in [9.17, 15) is 9.59 Å². The van der Waals surface area contributed by atoms with Crippen LogP contribution in [-0.4, -0.2) is 40.9 Å². The third-order valence-corrected chi connectivity index (χ3v) is 6.99. The highest BCUT2D eigenvalue weighted by Crippen LogP contribution is 2.22. The topological polar surface area (TPSA) is 57.6 Å². The summed E-state index contributed by atoms with van der Waals surface area (Å²) in [5.74, 6) is -0.247. The fourth-order valence-corrected chi connectivity index (χ4v) is 4.92. The lowest BCUT2D eigenvalue weighted by atomic mass is 9.91. The second kappa shape index (κ2) is 18.6. The Morgan fingerprint density at radius 3 is 2.03 bits per heavy atom. The number of aryl methyl sites for hydroxylation is 2. The van der Waals surface area contributed by atoms with Crippen LogP contribution >= 0.6 is 0 Å². The van der Waals surface area contributed by atoms with Crippen LogP contribution < -0.4 is 0 Å². The van der Waals surface area contributed by atoms with Gasteiger partial charge in [0.15, 0.2) is 5.78 Å². The van der Waals surface area contributed by atoms with Gasteiger partial charge in [0, 0.05) is 12.8 Å². The van der Waals surface area contributed by atoms with Crippen LogP contribution in [0.15, 0.2) is 18.2 Å². The van der Waals surface area contributed by atoms with Gasteiger partial charge in [-0.05, 0) is 69.3 Å². The quantitative estimate of drug-likeness (QED) is 0.265. The largest absolute Gasteiger partial charge is 0.481 e. The van der Waals surface area contributed by atoms with Crippen molar-refractivity contribution < 1.29 is 14.7 Å². The Hall–Kier alpha value is -1.68. The number of hydrogen-bond acceptors (Lipinski definition) is 3. The summed E-state index contributed by atoms with van der Waals surface area (Å²) >= 11 is 0. The predicted octanol–water partition coefficient (Wildman–Crippen LogP) is 7.67. The summed E-state index contributed by atoms with van der Waals surface area (Å²) < 4.78 is 0. The van der Waals surface area contributed by atoms with Crippen molar-refractivity contribution in [2.24, 2.45) is 0 Å². The molecule has 1 aromatic rings. The molecular weight excluding hydrogens is 422 g/mol. The first kappa shape index (κ1) is 30.4. The number of carbonyl (C=O) groups excluding carboxylic acids is 1. The zero-order chi connectivity index (χ0) is 25.2. The second-order valence-corrected chi connectivity index (χ2v) is 10.0. The minimum atomic E-state index is -0.659. The number of carboxylic acid groups (broad SMARTS) is 1. The molecule has 0 aliphatic carbocycles. The van der Waals surface area contributed by atoms with Crippen LogP contribution in [0.25, 0.3) is 0 Å². The molecule has 0 bridgehead atoms. The monoisotopic (exact) mass is 473 g/mol. The van der Waals surface area contributed by atoms with Crippen molar-refractivity contribution in [1.29, 1.82) is 0 Å². The predicted molar refractivity (Wildman–Crippen MR) is 144 cm³/mol. The first-order chi connectivity index (χ1) is 16.4. The molecule has 1 aliphatic rings. The fraction of sp³-hybridized carbons (Fsp3) is 0.733. The number of rotatable bonds is 15. The number of aliphatic carboxylic acids is 1. The maximum atomic E-state index is 12.7. The maximum Gasteiger partial charge on any atom is 0.303 e. The van der Waals surface area contributed by atoms with E-state index in [-0.39, 0.29) is 6.04 Å². The third kappa shape index (κ3) is 12.7. The van der Waals surface area contributed by atoms with Crippen LogP contribution in [0.2, 0.25) is 0 Å². The van der Waals surface area contributed by atoms with E-state index in [1.165, 1.54) is 74.5 Å². The van der Waals surface area contributed by atoms with Crippen molar-refractivity contribution in [3.8, 4) is 0 Å². The fourth-order valence-electron chi connectivity index (χ4n) is 4.92. The number of Topliss-reactive ketones (excluding diaryl/α,β-unsaturated/α-hetero) is 1. The van der Waals surface area contributed by atoms with Crippen molar-refractivity contribution >= 4 is 11.8 Å². The van der Waals surface area contributed by atoms with Gasteiger partial charge in [0.25, 0.3) is 0 Å². The Morgan fingerprint density at radius 1 is 0.882 bits per heavy atom. The Kier molecular flexibility index (Phi) is 16.6. The molecule has 0 spiro atoms. The van der Waals surface area contributed by atoms with Crippen LogP contribution in [0.1, 0.15) is 120 Å². The minimum absolute atomic E-state index is 0.155. The van der Waals surface area contributed by atoms with Crippen LogP contribution in [0.4, 0.5) is 0 Å². The average molecular weight is 474 g/mol. The summed E-state index contributed by atoms with van der Waals surface area (Å²) in [6.45, 7) is 10.8. The number of hydrogen-bond donors (Lipinski definition) is 1. The number of likely N-dealkylation sites (tertiary alicyclic amines) is 1. The van der Waals surface area contributed by atoms with E-state index in [1.54, 1.807) is 0 Å². The molecule has 4 heteroatoms. The first-order valence-corrected chi connectivity index (χ1v) is 13.9. The number of nitrogens with zero attached hydrogens (tertiary/aromatic N) is 1. The van der Waals surface area contributed by atoms with E-state index < -0.39 is 5.97 Å². The van der Waals surface area contributed by atoms with E-state index in [1.807, 2.05) is 0 Å². The molecule has 1 fully saturated rings. The molecule has 4 nitrogen and oxygen atoms in total. The van der Waals surface area contributed by atoms with Gasteiger partial charge < -0.3 is 5.11 Å². The van der Waals surface area contributed by atoms with Gasteiger partial charge in [-0.1, -0.05) is 89.8 Å². The average Bonchev–Trinajstić information content (AvgIpc) is 2.81. The summed E-state index contributed by atoms with van der Waals surface area (Å²) in [5, 5.41) is 8.41. The second-order valence-electron chi connectivity index (χ2n) is 10.0. The highest BCUT2D eigenvalue weighted by atomic mass is 16.4. The summed E-state index contributed by atoms with van der Waals surface area (Å²) in [6.07, 6.45) is 16.7. The van der Waals surface area contributed by atoms with Gasteiger partial charge in [-0.2, -0.15) is 0 Å². The molecule has 2 rings (SSSR count). The van der Waals surface area contributed by atoms with Gasteiger partial charge in [-0.25, -0.2) is 0 Å². The summed E-state index contributed by atoms with van der Waals surface area (Å²) in [6, 6.07) is 6.45. The van der Waals surface area contributed by atoms with Crippen molar-refractivity contribution in [3.05, 3.63) is 34.9 Å². The van der Waals surface area contributed by atoms with Crippen molar-refractivity contribution in [1.82, 2.24) is 4.90 Å². The number of unbranched alkanes of at least 4 members (excludes halogenated alkanes) is 8. The first-order valence-electron chi connectivity index (χ1n) is 13.9. The molecule has 0 amide bonds. The molecule has 1 saturated heterocycles. The van der Waals surface area contributed by atoms with Gasteiger partial charge in [0.2, 0.25) is 0 Å². The third-order valence-electron chi connectivity index (χ3n) is 6.99. The standard InChI is InChI=1S/C18H27NO.C12H24O2/c1-4-11-19-12-6-5-10-17(19)18(20)13-16-14(2)8-7-9-15(16)3;1-2-3-4-5-6-7-8-9-10-11-12(13)14/h7-9,17H,4-6,10-13H2,1-3H3;2-11H2,1H3,(H,13,14)/t17-;/m0./s1. The molecule has 34 heavy (non-hydrogen) atoms. The maximum absolute atomic E-state index is 12.7. The van der Waals surface area contributed by atoms with E-state index in [4.69, 9.17) is 5.11 Å².